The number of carbonyl (C=O) groups excluding carboxylic acids is 1. The van der Waals surface area contributed by atoms with E-state index in [0.29, 0.717) is 31.1 Å². The van der Waals surface area contributed by atoms with Crippen LogP contribution in [-0.2, 0) is 4.79 Å². The van der Waals surface area contributed by atoms with E-state index in [2.05, 4.69) is 27.7 Å². The topological polar surface area (TPSA) is 63.3 Å². The molecule has 0 unspecified atom stereocenters. The van der Waals surface area contributed by atoms with Crippen LogP contribution in [0.1, 0.15) is 59.8 Å². The van der Waals surface area contributed by atoms with Gasteiger partial charge in [0.25, 0.3) is 0 Å². The monoisotopic (exact) mass is 229 g/mol. The molecule has 3 N–H and O–H groups in total. The third-order valence-corrected chi connectivity index (χ3v) is 2.64. The van der Waals surface area contributed by atoms with Crippen molar-refractivity contribution in [3.05, 3.63) is 0 Å². The Hall–Kier alpha value is -0.570. The van der Waals surface area contributed by atoms with Gasteiger partial charge in [-0.15, -0.1) is 0 Å². The van der Waals surface area contributed by atoms with Gasteiger partial charge in [0, 0.05) is 6.42 Å². The van der Waals surface area contributed by atoms with Crippen LogP contribution >= 0.6 is 0 Å². The summed E-state index contributed by atoms with van der Waals surface area (Å²) in [6.07, 6.45) is 3.32. The zero-order valence-electron chi connectivity index (χ0n) is 11.1. The molecule has 0 spiro atoms. The first kappa shape index (κ1) is 15.4. The Labute approximate surface area is 99.4 Å². The maximum absolute atomic E-state index is 10.7. The first-order valence-electron chi connectivity index (χ1n) is 6.26. The van der Waals surface area contributed by atoms with Crippen LogP contribution in [0.2, 0.25) is 0 Å². The molecule has 0 radical (unpaired) electrons. The first-order valence-corrected chi connectivity index (χ1v) is 6.26. The molecule has 3 nitrogen and oxygen atoms in total. The van der Waals surface area contributed by atoms with Crippen molar-refractivity contribution in [2.75, 3.05) is 0 Å². The zero-order valence-corrected chi connectivity index (χ0v) is 11.1. The van der Waals surface area contributed by atoms with Crippen molar-refractivity contribution in [1.82, 2.24) is 0 Å². The molecular formula is C13H27NO2. The zero-order chi connectivity index (χ0) is 12.8. The molecule has 0 bridgehead atoms. The van der Waals surface area contributed by atoms with Gasteiger partial charge in [0.15, 0.2) is 0 Å². The van der Waals surface area contributed by atoms with E-state index in [1.54, 1.807) is 0 Å². The quantitative estimate of drug-likeness (QED) is 0.671. The van der Waals surface area contributed by atoms with Crippen molar-refractivity contribution >= 4 is 5.91 Å². The van der Waals surface area contributed by atoms with E-state index in [1.165, 1.54) is 0 Å². The molecule has 0 aromatic carbocycles. The van der Waals surface area contributed by atoms with Crippen LogP contribution in [0.25, 0.3) is 0 Å². The summed E-state index contributed by atoms with van der Waals surface area (Å²) in [5.74, 6) is 0.658. The highest BCUT2D eigenvalue weighted by molar-refractivity contribution is 5.73. The van der Waals surface area contributed by atoms with Gasteiger partial charge in [-0.1, -0.05) is 27.7 Å². The number of primary amides is 1. The standard InChI is InChI=1S/C13H27NO2/c1-10(2)8-13(16,9-11(3)4)7-5-6-12(14)15/h10-11,16H,5-9H2,1-4H3,(H2,14,15). The predicted molar refractivity (Wildman–Crippen MR) is 66.9 cm³/mol. The third-order valence-electron chi connectivity index (χ3n) is 2.64. The van der Waals surface area contributed by atoms with E-state index in [9.17, 15) is 9.90 Å². The molecule has 0 aromatic rings. The van der Waals surface area contributed by atoms with Gasteiger partial charge in [-0.3, -0.25) is 4.79 Å². The number of aliphatic hydroxyl groups is 1. The fourth-order valence-electron chi connectivity index (χ4n) is 2.40. The second-order valence-electron chi connectivity index (χ2n) is 5.74. The highest BCUT2D eigenvalue weighted by Crippen LogP contribution is 2.29. The predicted octanol–water partition coefficient (Wildman–Crippen LogP) is 2.47. The number of hydrogen-bond donors (Lipinski definition) is 2. The summed E-state index contributed by atoms with van der Waals surface area (Å²) >= 11 is 0. The van der Waals surface area contributed by atoms with Gasteiger partial charge >= 0.3 is 0 Å². The van der Waals surface area contributed by atoms with Gasteiger partial charge in [0.2, 0.25) is 5.91 Å². The molecule has 16 heavy (non-hydrogen) atoms. The Morgan fingerprint density at radius 1 is 1.19 bits per heavy atom. The van der Waals surface area contributed by atoms with Crippen LogP contribution in [0.15, 0.2) is 0 Å². The third kappa shape index (κ3) is 7.69. The molecule has 0 aliphatic heterocycles. The van der Waals surface area contributed by atoms with Crippen LogP contribution in [0.4, 0.5) is 0 Å². The van der Waals surface area contributed by atoms with E-state index < -0.39 is 5.60 Å². The fraction of sp³-hybridized carbons (Fsp3) is 0.923. The van der Waals surface area contributed by atoms with Crippen LogP contribution in [0.5, 0.6) is 0 Å². The lowest BCUT2D eigenvalue weighted by molar-refractivity contribution is -0.118. The molecular weight excluding hydrogens is 202 g/mol. The molecule has 3 heteroatoms. The normalized spacial score (nSPS) is 12.4. The van der Waals surface area contributed by atoms with Gasteiger partial charge in [-0.05, 0) is 37.5 Å². The van der Waals surface area contributed by atoms with Gasteiger partial charge < -0.3 is 10.8 Å². The molecule has 0 saturated heterocycles. The number of hydrogen-bond acceptors (Lipinski definition) is 2. The Morgan fingerprint density at radius 2 is 1.62 bits per heavy atom. The maximum atomic E-state index is 10.7. The van der Waals surface area contributed by atoms with Crippen molar-refractivity contribution in [3.8, 4) is 0 Å². The Morgan fingerprint density at radius 3 is 1.94 bits per heavy atom. The van der Waals surface area contributed by atoms with E-state index in [0.717, 1.165) is 12.8 Å². The number of carbonyl (C=O) groups is 1. The molecule has 0 rings (SSSR count). The number of rotatable bonds is 8. The molecule has 0 saturated carbocycles. The van der Waals surface area contributed by atoms with Gasteiger partial charge in [-0.2, -0.15) is 0 Å². The molecule has 0 aromatic heterocycles. The molecule has 96 valence electrons. The molecule has 0 atom stereocenters. The largest absolute Gasteiger partial charge is 0.390 e. The fourth-order valence-corrected chi connectivity index (χ4v) is 2.40. The van der Waals surface area contributed by atoms with Crippen LogP contribution < -0.4 is 5.73 Å². The number of nitrogens with two attached hydrogens (primary N) is 1. The summed E-state index contributed by atoms with van der Waals surface area (Å²) in [5, 5.41) is 10.5. The average Bonchev–Trinajstić information content (AvgIpc) is 1.98. The van der Waals surface area contributed by atoms with Crippen molar-refractivity contribution < 1.29 is 9.90 Å². The van der Waals surface area contributed by atoms with Gasteiger partial charge in [-0.25, -0.2) is 0 Å². The first-order chi connectivity index (χ1) is 7.25. The van der Waals surface area contributed by atoms with Crippen LogP contribution in [0, 0.1) is 11.8 Å². The minimum absolute atomic E-state index is 0.281. The lowest BCUT2D eigenvalue weighted by atomic mass is 9.81. The summed E-state index contributed by atoms with van der Waals surface area (Å²) in [6.45, 7) is 8.44. The minimum Gasteiger partial charge on any atom is -0.390 e. The summed E-state index contributed by atoms with van der Waals surface area (Å²) in [4.78, 5) is 10.7. The van der Waals surface area contributed by atoms with Crippen LogP contribution in [0.3, 0.4) is 0 Å². The average molecular weight is 229 g/mol. The second-order valence-corrected chi connectivity index (χ2v) is 5.74. The lowest BCUT2D eigenvalue weighted by Gasteiger charge is -2.31. The maximum Gasteiger partial charge on any atom is 0.217 e. The van der Waals surface area contributed by atoms with E-state index in [1.807, 2.05) is 0 Å². The summed E-state index contributed by atoms with van der Waals surface area (Å²) in [5.41, 5.74) is 4.48. The van der Waals surface area contributed by atoms with Crippen molar-refractivity contribution in [2.45, 2.75) is 65.4 Å². The highest BCUT2D eigenvalue weighted by Gasteiger charge is 2.28. The van der Waals surface area contributed by atoms with Crippen LogP contribution in [-0.4, -0.2) is 16.6 Å². The molecule has 0 aliphatic carbocycles. The molecule has 0 fully saturated rings. The van der Waals surface area contributed by atoms with E-state index in [4.69, 9.17) is 5.73 Å². The molecule has 0 aliphatic rings. The SMILES string of the molecule is CC(C)CC(O)(CCCC(N)=O)CC(C)C. The molecule has 0 heterocycles. The molecule has 1 amide bonds. The summed E-state index contributed by atoms with van der Waals surface area (Å²) in [6, 6.07) is 0. The summed E-state index contributed by atoms with van der Waals surface area (Å²) < 4.78 is 0. The minimum atomic E-state index is -0.627. The summed E-state index contributed by atoms with van der Waals surface area (Å²) in [7, 11) is 0. The second kappa shape index (κ2) is 6.89. The smallest absolute Gasteiger partial charge is 0.217 e. The Balaban J connectivity index is 4.23. The van der Waals surface area contributed by atoms with E-state index in [-0.39, 0.29) is 5.91 Å². The van der Waals surface area contributed by atoms with Crippen molar-refractivity contribution in [3.63, 3.8) is 0 Å². The van der Waals surface area contributed by atoms with E-state index >= 15 is 0 Å². The van der Waals surface area contributed by atoms with Gasteiger partial charge in [0.1, 0.15) is 0 Å². The highest BCUT2D eigenvalue weighted by atomic mass is 16.3. The number of amides is 1. The lowest BCUT2D eigenvalue weighted by Crippen LogP contribution is -2.32. The van der Waals surface area contributed by atoms with Crippen molar-refractivity contribution in [1.29, 1.82) is 0 Å². The Kier molecular flexibility index (Phi) is 6.65. The Bertz CT molecular complexity index is 202. The van der Waals surface area contributed by atoms with Gasteiger partial charge in [0.05, 0.1) is 5.60 Å². The van der Waals surface area contributed by atoms with Crippen molar-refractivity contribution in [2.24, 2.45) is 17.6 Å².